The van der Waals surface area contributed by atoms with Crippen LogP contribution in [0.2, 0.25) is 0 Å². The quantitative estimate of drug-likeness (QED) is 0.673. The zero-order valence-electron chi connectivity index (χ0n) is 8.41. The second-order valence-electron chi connectivity index (χ2n) is 4.23. The van der Waals surface area contributed by atoms with Crippen molar-refractivity contribution in [3.63, 3.8) is 0 Å². The van der Waals surface area contributed by atoms with E-state index in [-0.39, 0.29) is 12.1 Å². The van der Waals surface area contributed by atoms with Crippen LogP contribution in [0.25, 0.3) is 0 Å². The summed E-state index contributed by atoms with van der Waals surface area (Å²) in [6, 6.07) is 7.71. The lowest BCUT2D eigenvalue weighted by molar-refractivity contribution is 0.0119. The van der Waals surface area contributed by atoms with Crippen molar-refractivity contribution in [1.29, 1.82) is 0 Å². The molecule has 2 amide bonds. The number of fused-ring (bicyclic) bond motifs is 4. The van der Waals surface area contributed by atoms with Gasteiger partial charge in [-0.3, -0.25) is 0 Å². The molecule has 0 radical (unpaired) electrons. The van der Waals surface area contributed by atoms with Crippen molar-refractivity contribution in [3.8, 4) is 5.75 Å². The second kappa shape index (κ2) is 2.66. The molecule has 2 heterocycles. The van der Waals surface area contributed by atoms with Gasteiger partial charge in [-0.2, -0.15) is 0 Å². The molecule has 0 saturated carbocycles. The molecule has 4 heteroatoms. The van der Waals surface area contributed by atoms with Gasteiger partial charge in [0.1, 0.15) is 5.75 Å². The molecule has 2 atom stereocenters. The minimum atomic E-state index is -0.568. The lowest BCUT2D eigenvalue weighted by Crippen LogP contribution is -2.62. The summed E-state index contributed by atoms with van der Waals surface area (Å²) in [6.07, 6.45) is 0.760. The van der Waals surface area contributed by atoms with Crippen molar-refractivity contribution in [3.05, 3.63) is 29.8 Å². The maximum Gasteiger partial charge on any atom is 0.318 e. The summed E-state index contributed by atoms with van der Waals surface area (Å²) in [6.45, 7) is 1.90. The molecule has 2 N–H and O–H groups in total. The topological polar surface area (TPSA) is 50.4 Å². The third-order valence-corrected chi connectivity index (χ3v) is 2.91. The van der Waals surface area contributed by atoms with Crippen LogP contribution >= 0.6 is 0 Å². The molecule has 2 bridgehead atoms. The van der Waals surface area contributed by atoms with Crippen molar-refractivity contribution in [1.82, 2.24) is 10.6 Å². The Morgan fingerprint density at radius 3 is 3.13 bits per heavy atom. The zero-order chi connectivity index (χ0) is 10.5. The number of amides is 2. The average molecular weight is 204 g/mol. The summed E-state index contributed by atoms with van der Waals surface area (Å²) < 4.78 is 5.79. The Kier molecular flexibility index (Phi) is 1.52. The summed E-state index contributed by atoms with van der Waals surface area (Å²) in [5.41, 5.74) is 0.492. The van der Waals surface area contributed by atoms with Gasteiger partial charge in [-0.05, 0) is 13.0 Å². The van der Waals surface area contributed by atoms with Gasteiger partial charge in [0.2, 0.25) is 0 Å². The number of urea groups is 1. The van der Waals surface area contributed by atoms with E-state index in [1.807, 2.05) is 31.2 Å². The van der Waals surface area contributed by atoms with Crippen LogP contribution in [0.3, 0.4) is 0 Å². The molecule has 0 aliphatic carbocycles. The van der Waals surface area contributed by atoms with Crippen molar-refractivity contribution in [2.24, 2.45) is 0 Å². The van der Waals surface area contributed by atoms with Gasteiger partial charge in [-0.15, -0.1) is 0 Å². The molecule has 1 aromatic rings. The Morgan fingerprint density at radius 1 is 1.47 bits per heavy atom. The first kappa shape index (κ1) is 8.59. The Labute approximate surface area is 87.6 Å². The highest BCUT2D eigenvalue weighted by Crippen LogP contribution is 2.39. The van der Waals surface area contributed by atoms with E-state index in [0.29, 0.717) is 0 Å². The van der Waals surface area contributed by atoms with Crippen LogP contribution in [0, 0.1) is 0 Å². The van der Waals surface area contributed by atoms with Crippen LogP contribution in [0.15, 0.2) is 24.3 Å². The number of nitrogens with one attached hydrogen (secondary N) is 2. The predicted octanol–water partition coefficient (Wildman–Crippen LogP) is 1.54. The van der Waals surface area contributed by atoms with Gasteiger partial charge in [0.25, 0.3) is 0 Å². The fraction of sp³-hybridized carbons (Fsp3) is 0.364. The molecule has 1 aromatic carbocycles. The normalized spacial score (nSPS) is 32.1. The van der Waals surface area contributed by atoms with E-state index in [4.69, 9.17) is 4.74 Å². The van der Waals surface area contributed by atoms with E-state index in [9.17, 15) is 4.79 Å². The maximum atomic E-state index is 11.4. The monoisotopic (exact) mass is 204 g/mol. The summed E-state index contributed by atoms with van der Waals surface area (Å²) in [7, 11) is 0. The maximum absolute atomic E-state index is 11.4. The number of carbonyl (C=O) groups is 1. The molecular weight excluding hydrogens is 192 g/mol. The molecule has 2 aliphatic rings. The van der Waals surface area contributed by atoms with Crippen molar-refractivity contribution < 1.29 is 9.53 Å². The van der Waals surface area contributed by atoms with Gasteiger partial charge in [0, 0.05) is 12.0 Å². The van der Waals surface area contributed by atoms with Crippen molar-refractivity contribution >= 4 is 6.03 Å². The van der Waals surface area contributed by atoms with Crippen LogP contribution in [-0.2, 0) is 0 Å². The molecule has 78 valence electrons. The highest BCUT2D eigenvalue weighted by Gasteiger charge is 2.42. The zero-order valence-corrected chi connectivity index (χ0v) is 8.41. The van der Waals surface area contributed by atoms with E-state index in [0.717, 1.165) is 17.7 Å². The molecule has 1 saturated heterocycles. The summed E-state index contributed by atoms with van der Waals surface area (Å²) in [5.74, 6) is 0.851. The number of benzene rings is 1. The van der Waals surface area contributed by atoms with Gasteiger partial charge in [0.15, 0.2) is 5.72 Å². The van der Waals surface area contributed by atoms with E-state index >= 15 is 0 Å². The second-order valence-corrected chi connectivity index (χ2v) is 4.23. The van der Waals surface area contributed by atoms with Crippen LogP contribution < -0.4 is 15.4 Å². The molecule has 3 rings (SSSR count). The van der Waals surface area contributed by atoms with Gasteiger partial charge < -0.3 is 15.4 Å². The van der Waals surface area contributed by atoms with Gasteiger partial charge >= 0.3 is 6.03 Å². The third kappa shape index (κ3) is 1.25. The molecule has 0 spiro atoms. The molecule has 15 heavy (non-hydrogen) atoms. The van der Waals surface area contributed by atoms with E-state index in [1.54, 1.807) is 0 Å². The summed E-state index contributed by atoms with van der Waals surface area (Å²) >= 11 is 0. The average Bonchev–Trinajstić information content (AvgIpc) is 2.15. The molecule has 4 nitrogen and oxygen atoms in total. The first-order valence-corrected chi connectivity index (χ1v) is 5.03. The first-order valence-electron chi connectivity index (χ1n) is 5.03. The predicted molar refractivity (Wildman–Crippen MR) is 54.5 cm³/mol. The van der Waals surface area contributed by atoms with Gasteiger partial charge in [-0.25, -0.2) is 4.79 Å². The minimum Gasteiger partial charge on any atom is -0.468 e. The molecule has 1 fully saturated rings. The SMILES string of the molecule is C[C@]12C[C@@H](NC(=O)N1)c1ccccc1O2. The number of hydrogen-bond donors (Lipinski definition) is 2. The fourth-order valence-corrected chi connectivity index (χ4v) is 2.29. The Balaban J connectivity index is 2.10. The lowest BCUT2D eigenvalue weighted by atomic mass is 9.92. The smallest absolute Gasteiger partial charge is 0.318 e. The minimum absolute atomic E-state index is 0.0636. The van der Waals surface area contributed by atoms with E-state index in [1.165, 1.54) is 0 Å². The first-order chi connectivity index (χ1) is 7.16. The highest BCUT2D eigenvalue weighted by atomic mass is 16.5. The lowest BCUT2D eigenvalue weighted by Gasteiger charge is -2.44. The number of ether oxygens (including phenoxy) is 1. The van der Waals surface area contributed by atoms with E-state index in [2.05, 4.69) is 10.6 Å². The van der Waals surface area contributed by atoms with Crippen LogP contribution in [0.1, 0.15) is 24.9 Å². The van der Waals surface area contributed by atoms with Gasteiger partial charge in [0.05, 0.1) is 6.04 Å². The molecule has 2 aliphatic heterocycles. The molecular formula is C11H12N2O2. The highest BCUT2D eigenvalue weighted by molar-refractivity contribution is 5.77. The number of hydrogen-bond acceptors (Lipinski definition) is 2. The van der Waals surface area contributed by atoms with Crippen LogP contribution in [0.4, 0.5) is 4.79 Å². The van der Waals surface area contributed by atoms with Crippen molar-refractivity contribution in [2.45, 2.75) is 25.1 Å². The Morgan fingerprint density at radius 2 is 2.27 bits per heavy atom. The van der Waals surface area contributed by atoms with Crippen molar-refractivity contribution in [2.75, 3.05) is 0 Å². The molecule has 0 unspecified atom stereocenters. The largest absolute Gasteiger partial charge is 0.468 e. The summed E-state index contributed by atoms with van der Waals surface area (Å²) in [4.78, 5) is 11.4. The molecule has 0 aromatic heterocycles. The summed E-state index contributed by atoms with van der Waals surface area (Å²) in [5, 5.41) is 5.69. The fourth-order valence-electron chi connectivity index (χ4n) is 2.29. The number of para-hydroxylation sites is 1. The Hall–Kier alpha value is -1.71. The van der Waals surface area contributed by atoms with Crippen LogP contribution in [0.5, 0.6) is 5.75 Å². The van der Waals surface area contributed by atoms with E-state index < -0.39 is 5.72 Å². The number of rotatable bonds is 0. The third-order valence-electron chi connectivity index (χ3n) is 2.91. The van der Waals surface area contributed by atoms with Crippen LogP contribution in [-0.4, -0.2) is 11.8 Å². The number of carbonyl (C=O) groups excluding carboxylic acids is 1. The van der Waals surface area contributed by atoms with Gasteiger partial charge in [-0.1, -0.05) is 18.2 Å². The Bertz CT molecular complexity index is 432. The standard InChI is InChI=1S/C11H12N2O2/c1-11-6-8(12-10(14)13-11)7-4-2-3-5-9(7)15-11/h2-5,8H,6H2,1H3,(H2,12,13,14)/t8-,11+/m1/s1.